The summed E-state index contributed by atoms with van der Waals surface area (Å²) in [6.07, 6.45) is 7.12. The van der Waals surface area contributed by atoms with Crippen LogP contribution >= 0.6 is 0 Å². The lowest BCUT2D eigenvalue weighted by molar-refractivity contribution is -0.139. The van der Waals surface area contributed by atoms with E-state index in [0.29, 0.717) is 23.4 Å². The highest BCUT2D eigenvalue weighted by atomic mass is 16.5. The van der Waals surface area contributed by atoms with Gasteiger partial charge in [0.15, 0.2) is 5.89 Å². The largest absolute Gasteiger partial charge is 0.469 e. The maximum Gasteiger partial charge on any atom is 0.311 e. The van der Waals surface area contributed by atoms with Gasteiger partial charge in [-0.05, 0) is 31.6 Å². The Bertz CT molecular complexity index is 503. The average molecular weight is 247 g/mol. The van der Waals surface area contributed by atoms with E-state index in [0.717, 1.165) is 18.1 Å². The van der Waals surface area contributed by atoms with E-state index in [2.05, 4.69) is 21.9 Å². The van der Waals surface area contributed by atoms with Gasteiger partial charge in [0.05, 0.1) is 19.2 Å². The number of hydrogen-bond donors (Lipinski definition) is 0. The molecule has 3 rings (SSSR count). The second-order valence-corrected chi connectivity index (χ2v) is 5.19. The van der Waals surface area contributed by atoms with E-state index in [9.17, 15) is 4.79 Å². The van der Waals surface area contributed by atoms with Gasteiger partial charge in [-0.2, -0.15) is 0 Å². The van der Waals surface area contributed by atoms with Gasteiger partial charge in [0.1, 0.15) is 5.76 Å². The van der Waals surface area contributed by atoms with Gasteiger partial charge in [-0.25, -0.2) is 4.98 Å². The van der Waals surface area contributed by atoms with Gasteiger partial charge in [0.25, 0.3) is 0 Å². The fourth-order valence-corrected chi connectivity index (χ4v) is 3.05. The molecule has 0 aromatic carbocycles. The number of oxazole rings is 1. The summed E-state index contributed by atoms with van der Waals surface area (Å²) in [5.74, 6) is 2.91. The monoisotopic (exact) mass is 247 g/mol. The molecule has 0 N–H and O–H groups in total. The summed E-state index contributed by atoms with van der Waals surface area (Å²) < 4.78 is 10.4. The molecule has 0 spiro atoms. The molecule has 1 fully saturated rings. The number of fused-ring (bicyclic) bond motifs is 2. The fourth-order valence-electron chi connectivity index (χ4n) is 3.05. The molecular formula is C14H17NO3. The second-order valence-electron chi connectivity index (χ2n) is 5.19. The third kappa shape index (κ3) is 1.85. The highest BCUT2D eigenvalue weighted by Gasteiger charge is 2.39. The lowest BCUT2D eigenvalue weighted by Gasteiger charge is -2.13. The molecule has 0 radical (unpaired) electrons. The molecule has 1 aromatic rings. The Labute approximate surface area is 106 Å². The molecule has 1 heterocycles. The number of nitrogens with zero attached hydrogens (tertiary/aromatic N) is 1. The Morgan fingerprint density at radius 3 is 2.94 bits per heavy atom. The molecule has 96 valence electrons. The molecule has 0 unspecified atom stereocenters. The van der Waals surface area contributed by atoms with Crippen LogP contribution in [0.15, 0.2) is 16.6 Å². The van der Waals surface area contributed by atoms with Crippen LogP contribution in [0.5, 0.6) is 0 Å². The van der Waals surface area contributed by atoms with Crippen molar-refractivity contribution in [1.82, 2.24) is 4.98 Å². The first-order chi connectivity index (χ1) is 8.67. The summed E-state index contributed by atoms with van der Waals surface area (Å²) in [6.45, 7) is 1.86. The number of esters is 1. The molecule has 1 aromatic heterocycles. The summed E-state index contributed by atoms with van der Waals surface area (Å²) in [4.78, 5) is 15.8. The van der Waals surface area contributed by atoms with Crippen molar-refractivity contribution in [1.29, 1.82) is 0 Å². The molecule has 2 aliphatic rings. The number of aryl methyl sites for hydroxylation is 1. The van der Waals surface area contributed by atoms with Gasteiger partial charge in [-0.3, -0.25) is 4.79 Å². The van der Waals surface area contributed by atoms with Gasteiger partial charge < -0.3 is 9.15 Å². The summed E-state index contributed by atoms with van der Waals surface area (Å²) in [5, 5.41) is 0. The van der Waals surface area contributed by atoms with Gasteiger partial charge in [0.2, 0.25) is 0 Å². The summed E-state index contributed by atoms with van der Waals surface area (Å²) in [5.41, 5.74) is 0.712. The minimum absolute atomic E-state index is 0.197. The van der Waals surface area contributed by atoms with Crippen molar-refractivity contribution in [3.8, 4) is 0 Å². The Hall–Kier alpha value is -1.58. The average Bonchev–Trinajstić information content (AvgIpc) is 3.05. The standard InChI is InChI=1S/C14H17NO3/c1-8-12(7-13(16)17-2)15-14(18-8)11-6-9-3-4-10(11)5-9/h3-4,9-11H,5-7H2,1-2H3/t9-,10+,11-/m1/s1. The summed E-state index contributed by atoms with van der Waals surface area (Å²) >= 11 is 0. The third-order valence-electron chi connectivity index (χ3n) is 4.04. The van der Waals surface area contributed by atoms with Crippen molar-refractivity contribution in [3.63, 3.8) is 0 Å². The molecular weight excluding hydrogens is 230 g/mol. The fraction of sp³-hybridized carbons (Fsp3) is 0.571. The van der Waals surface area contributed by atoms with E-state index in [1.165, 1.54) is 13.5 Å². The van der Waals surface area contributed by atoms with Crippen molar-refractivity contribution >= 4 is 5.97 Å². The normalized spacial score (nSPS) is 28.9. The predicted octanol–water partition coefficient (Wildman–Crippen LogP) is 2.38. The van der Waals surface area contributed by atoms with E-state index in [4.69, 9.17) is 4.42 Å². The first-order valence-electron chi connectivity index (χ1n) is 6.38. The molecule has 0 saturated heterocycles. The maximum absolute atomic E-state index is 11.3. The number of carbonyl (C=O) groups is 1. The smallest absolute Gasteiger partial charge is 0.311 e. The number of rotatable bonds is 3. The number of aromatic nitrogens is 1. The van der Waals surface area contributed by atoms with Crippen LogP contribution in [0.1, 0.15) is 36.1 Å². The molecule has 4 nitrogen and oxygen atoms in total. The topological polar surface area (TPSA) is 52.3 Å². The van der Waals surface area contributed by atoms with Crippen LogP contribution in [-0.4, -0.2) is 18.1 Å². The van der Waals surface area contributed by atoms with E-state index < -0.39 is 0 Å². The molecule has 18 heavy (non-hydrogen) atoms. The lowest BCUT2D eigenvalue weighted by atomic mass is 9.94. The Balaban J connectivity index is 1.80. The number of hydrogen-bond acceptors (Lipinski definition) is 4. The second kappa shape index (κ2) is 4.26. The molecule has 1 saturated carbocycles. The van der Waals surface area contributed by atoms with Crippen LogP contribution in [0.4, 0.5) is 0 Å². The van der Waals surface area contributed by atoms with Crippen LogP contribution in [-0.2, 0) is 16.0 Å². The van der Waals surface area contributed by atoms with E-state index in [1.54, 1.807) is 0 Å². The Kier molecular flexibility index (Phi) is 2.73. The number of methoxy groups -OCH3 is 1. The zero-order valence-corrected chi connectivity index (χ0v) is 10.7. The van der Waals surface area contributed by atoms with E-state index >= 15 is 0 Å². The number of carbonyl (C=O) groups excluding carboxylic acids is 1. The zero-order chi connectivity index (χ0) is 12.7. The molecule has 2 bridgehead atoms. The summed E-state index contributed by atoms with van der Waals surface area (Å²) in [6, 6.07) is 0. The summed E-state index contributed by atoms with van der Waals surface area (Å²) in [7, 11) is 1.39. The van der Waals surface area contributed by atoms with E-state index in [1.807, 2.05) is 6.92 Å². The van der Waals surface area contributed by atoms with Crippen LogP contribution < -0.4 is 0 Å². The van der Waals surface area contributed by atoms with Crippen LogP contribution in [0.3, 0.4) is 0 Å². The quantitative estimate of drug-likeness (QED) is 0.608. The molecule has 3 atom stereocenters. The first kappa shape index (κ1) is 11.5. The van der Waals surface area contributed by atoms with Crippen LogP contribution in [0.2, 0.25) is 0 Å². The van der Waals surface area contributed by atoms with Gasteiger partial charge in [-0.15, -0.1) is 0 Å². The van der Waals surface area contributed by atoms with Crippen molar-refractivity contribution in [2.75, 3.05) is 7.11 Å². The van der Waals surface area contributed by atoms with Crippen LogP contribution in [0, 0.1) is 18.8 Å². The molecule has 0 aliphatic heterocycles. The highest BCUT2D eigenvalue weighted by Crippen LogP contribution is 2.48. The van der Waals surface area contributed by atoms with Crippen molar-refractivity contribution in [3.05, 3.63) is 29.5 Å². The first-order valence-corrected chi connectivity index (χ1v) is 6.38. The van der Waals surface area contributed by atoms with E-state index in [-0.39, 0.29) is 12.4 Å². The predicted molar refractivity (Wildman–Crippen MR) is 65.1 cm³/mol. The highest BCUT2D eigenvalue weighted by molar-refractivity contribution is 5.72. The van der Waals surface area contributed by atoms with Crippen molar-refractivity contribution in [2.45, 2.75) is 32.1 Å². The maximum atomic E-state index is 11.3. The zero-order valence-electron chi connectivity index (χ0n) is 10.7. The molecule has 4 heteroatoms. The third-order valence-corrected chi connectivity index (χ3v) is 4.04. The number of allylic oxidation sites excluding steroid dienone is 2. The Morgan fingerprint density at radius 1 is 1.50 bits per heavy atom. The number of ether oxygens (including phenoxy) is 1. The SMILES string of the molecule is COC(=O)Cc1nc([C@@H]2C[C@@H]3C=C[C@H]2C3)oc1C. The lowest BCUT2D eigenvalue weighted by Crippen LogP contribution is -2.07. The van der Waals surface area contributed by atoms with Gasteiger partial charge in [-0.1, -0.05) is 12.2 Å². The minimum atomic E-state index is -0.272. The minimum Gasteiger partial charge on any atom is -0.469 e. The van der Waals surface area contributed by atoms with Gasteiger partial charge >= 0.3 is 5.97 Å². The molecule has 0 amide bonds. The van der Waals surface area contributed by atoms with Crippen LogP contribution in [0.25, 0.3) is 0 Å². The van der Waals surface area contributed by atoms with Gasteiger partial charge in [0, 0.05) is 5.92 Å². The van der Waals surface area contributed by atoms with Crippen molar-refractivity contribution in [2.24, 2.45) is 11.8 Å². The molecule has 2 aliphatic carbocycles. The van der Waals surface area contributed by atoms with Crippen molar-refractivity contribution < 1.29 is 13.9 Å². The Morgan fingerprint density at radius 2 is 2.33 bits per heavy atom.